The van der Waals surface area contributed by atoms with E-state index in [1.54, 1.807) is 12.1 Å². The minimum absolute atomic E-state index is 0.0542. The number of carbonyl (C=O) groups is 1. The number of hydrogen-bond acceptors (Lipinski definition) is 5. The van der Waals surface area contributed by atoms with Gasteiger partial charge in [-0.1, -0.05) is 48.0 Å². The van der Waals surface area contributed by atoms with Gasteiger partial charge in [0.25, 0.3) is 10.1 Å². The number of ether oxygens (including phenoxy) is 1. The molecule has 0 aromatic heterocycles. The van der Waals surface area contributed by atoms with Crippen LogP contribution in [0.15, 0.2) is 59.5 Å². The molecule has 0 bridgehead atoms. The average molecular weight is 406 g/mol. The molecular weight excluding hydrogens is 378 g/mol. The van der Waals surface area contributed by atoms with E-state index >= 15 is 0 Å². The SMILES string of the molecule is Cc1ccc(S(=O)(=O)O)cc1.N[C@H]1CC[C@@H](C(=O)OCc2ccccc2)CC1. The molecule has 28 heavy (non-hydrogen) atoms. The summed E-state index contributed by atoms with van der Waals surface area (Å²) in [5.41, 5.74) is 7.80. The number of rotatable bonds is 4. The van der Waals surface area contributed by atoms with Gasteiger partial charge in [-0.2, -0.15) is 8.42 Å². The van der Waals surface area contributed by atoms with Gasteiger partial charge >= 0.3 is 5.97 Å². The monoisotopic (exact) mass is 405 g/mol. The summed E-state index contributed by atoms with van der Waals surface area (Å²) < 4.78 is 34.9. The normalized spacial score (nSPS) is 19.2. The molecule has 0 aliphatic heterocycles. The molecule has 1 fully saturated rings. The van der Waals surface area contributed by atoms with Gasteiger partial charge in [0.15, 0.2) is 0 Å². The Morgan fingerprint density at radius 1 is 1.04 bits per heavy atom. The lowest BCUT2D eigenvalue weighted by Gasteiger charge is -2.24. The fraction of sp³-hybridized carbons (Fsp3) is 0.381. The predicted octanol–water partition coefficient (Wildman–Crippen LogP) is 3.49. The number of benzene rings is 2. The van der Waals surface area contributed by atoms with Crippen LogP contribution in [-0.2, 0) is 26.3 Å². The summed E-state index contributed by atoms with van der Waals surface area (Å²) in [7, 11) is -4.02. The first-order valence-corrected chi connectivity index (χ1v) is 10.7. The van der Waals surface area contributed by atoms with Crippen molar-refractivity contribution in [1.29, 1.82) is 0 Å². The molecule has 152 valence electrons. The Balaban J connectivity index is 0.000000221. The summed E-state index contributed by atoms with van der Waals surface area (Å²) in [6.07, 6.45) is 3.61. The molecule has 0 heterocycles. The van der Waals surface area contributed by atoms with Crippen molar-refractivity contribution in [2.45, 2.75) is 50.2 Å². The van der Waals surface area contributed by atoms with Crippen LogP contribution in [-0.4, -0.2) is 25.0 Å². The highest BCUT2D eigenvalue weighted by Crippen LogP contribution is 2.24. The second-order valence-corrected chi connectivity index (χ2v) is 8.41. The summed E-state index contributed by atoms with van der Waals surface area (Å²) in [6, 6.07) is 16.0. The summed E-state index contributed by atoms with van der Waals surface area (Å²) in [5.74, 6) is -0.0146. The van der Waals surface area contributed by atoms with Crippen LogP contribution in [0.3, 0.4) is 0 Å². The van der Waals surface area contributed by atoms with E-state index in [1.807, 2.05) is 37.3 Å². The summed E-state index contributed by atoms with van der Waals surface area (Å²) in [4.78, 5) is 11.7. The van der Waals surface area contributed by atoms with Gasteiger partial charge in [-0.05, 0) is 50.3 Å². The molecule has 1 aliphatic carbocycles. The van der Waals surface area contributed by atoms with E-state index in [4.69, 9.17) is 15.0 Å². The van der Waals surface area contributed by atoms with Crippen molar-refractivity contribution in [2.24, 2.45) is 11.7 Å². The number of esters is 1. The van der Waals surface area contributed by atoms with Crippen molar-refractivity contribution in [3.05, 3.63) is 65.7 Å². The van der Waals surface area contributed by atoms with E-state index < -0.39 is 10.1 Å². The van der Waals surface area contributed by atoms with Gasteiger partial charge in [-0.25, -0.2) is 0 Å². The summed E-state index contributed by atoms with van der Waals surface area (Å²) in [6.45, 7) is 2.22. The third-order valence-electron chi connectivity index (χ3n) is 4.65. The minimum atomic E-state index is -4.02. The van der Waals surface area contributed by atoms with Crippen LogP contribution >= 0.6 is 0 Å². The van der Waals surface area contributed by atoms with Crippen molar-refractivity contribution < 1.29 is 22.5 Å². The molecule has 6 nitrogen and oxygen atoms in total. The Morgan fingerprint density at radius 2 is 1.61 bits per heavy atom. The van der Waals surface area contributed by atoms with Gasteiger partial charge in [-0.3, -0.25) is 9.35 Å². The minimum Gasteiger partial charge on any atom is -0.461 e. The van der Waals surface area contributed by atoms with Crippen LogP contribution in [0.2, 0.25) is 0 Å². The van der Waals surface area contributed by atoms with E-state index in [0.29, 0.717) is 6.61 Å². The first-order valence-electron chi connectivity index (χ1n) is 9.26. The van der Waals surface area contributed by atoms with Crippen LogP contribution in [0.25, 0.3) is 0 Å². The van der Waals surface area contributed by atoms with Gasteiger partial charge in [-0.15, -0.1) is 0 Å². The molecule has 1 aliphatic rings. The van der Waals surface area contributed by atoms with Crippen LogP contribution in [0.4, 0.5) is 0 Å². The Bertz CT molecular complexity index is 842. The maximum absolute atomic E-state index is 11.8. The van der Waals surface area contributed by atoms with Crippen molar-refractivity contribution in [3.63, 3.8) is 0 Å². The maximum Gasteiger partial charge on any atom is 0.309 e. The molecule has 0 radical (unpaired) electrons. The smallest absolute Gasteiger partial charge is 0.309 e. The molecule has 1 saturated carbocycles. The highest BCUT2D eigenvalue weighted by atomic mass is 32.2. The fourth-order valence-corrected chi connectivity index (χ4v) is 3.39. The molecule has 2 aromatic rings. The molecule has 0 spiro atoms. The first-order chi connectivity index (χ1) is 13.3. The molecular formula is C21H27NO5S. The van der Waals surface area contributed by atoms with Crippen molar-refractivity contribution in [2.75, 3.05) is 0 Å². The average Bonchev–Trinajstić information content (AvgIpc) is 2.68. The third kappa shape index (κ3) is 7.42. The van der Waals surface area contributed by atoms with E-state index in [1.165, 1.54) is 12.1 Å². The number of hydrogen-bond donors (Lipinski definition) is 2. The van der Waals surface area contributed by atoms with Crippen molar-refractivity contribution in [1.82, 2.24) is 0 Å². The molecule has 7 heteroatoms. The van der Waals surface area contributed by atoms with Gasteiger partial charge in [0.1, 0.15) is 6.61 Å². The molecule has 0 atom stereocenters. The summed E-state index contributed by atoms with van der Waals surface area (Å²) in [5, 5.41) is 0. The zero-order valence-corrected chi connectivity index (χ0v) is 16.8. The van der Waals surface area contributed by atoms with E-state index in [0.717, 1.165) is 36.8 Å². The summed E-state index contributed by atoms with van der Waals surface area (Å²) >= 11 is 0. The lowest BCUT2D eigenvalue weighted by Crippen LogP contribution is -2.30. The van der Waals surface area contributed by atoms with Crippen LogP contribution in [0.1, 0.15) is 36.8 Å². The van der Waals surface area contributed by atoms with Crippen molar-refractivity contribution >= 4 is 16.1 Å². The zero-order chi connectivity index (χ0) is 20.6. The number of aryl methyl sites for hydroxylation is 1. The maximum atomic E-state index is 11.8. The topological polar surface area (TPSA) is 107 Å². The second-order valence-electron chi connectivity index (χ2n) is 6.99. The molecule has 3 N–H and O–H groups in total. The Morgan fingerprint density at radius 3 is 2.14 bits per heavy atom. The van der Waals surface area contributed by atoms with E-state index in [-0.39, 0.29) is 22.8 Å². The van der Waals surface area contributed by atoms with Gasteiger partial charge in [0.05, 0.1) is 10.8 Å². The molecule has 3 rings (SSSR count). The lowest BCUT2D eigenvalue weighted by atomic mass is 9.86. The van der Waals surface area contributed by atoms with Crippen molar-refractivity contribution in [3.8, 4) is 0 Å². The highest BCUT2D eigenvalue weighted by molar-refractivity contribution is 7.85. The van der Waals surface area contributed by atoms with Crippen LogP contribution < -0.4 is 5.73 Å². The first kappa shape index (κ1) is 22.1. The number of carbonyl (C=O) groups excluding carboxylic acids is 1. The largest absolute Gasteiger partial charge is 0.461 e. The van der Waals surface area contributed by atoms with Gasteiger partial charge < -0.3 is 10.5 Å². The zero-order valence-electron chi connectivity index (χ0n) is 16.0. The number of nitrogens with two attached hydrogens (primary N) is 1. The van der Waals surface area contributed by atoms with Gasteiger partial charge in [0, 0.05) is 6.04 Å². The second kappa shape index (κ2) is 10.4. The molecule has 2 aromatic carbocycles. The Hall–Kier alpha value is -2.22. The third-order valence-corrected chi connectivity index (χ3v) is 5.52. The fourth-order valence-electron chi connectivity index (χ4n) is 2.91. The van der Waals surface area contributed by atoms with Crippen LogP contribution in [0.5, 0.6) is 0 Å². The predicted molar refractivity (Wildman–Crippen MR) is 107 cm³/mol. The molecule has 0 amide bonds. The van der Waals surface area contributed by atoms with Crippen LogP contribution in [0, 0.1) is 12.8 Å². The lowest BCUT2D eigenvalue weighted by molar-refractivity contribution is -0.151. The molecule has 0 unspecified atom stereocenters. The quantitative estimate of drug-likeness (QED) is 0.596. The Labute approximate surface area is 166 Å². The standard InChI is InChI=1S/C14H19NO2.C7H8O3S/c15-13-8-6-12(7-9-13)14(16)17-10-11-4-2-1-3-5-11;1-6-2-4-7(5-3-6)11(8,9)10/h1-5,12-13H,6-10,15H2;2-5H,1H3,(H,8,9,10)/t12-,13+;. The van der Waals surface area contributed by atoms with Gasteiger partial charge in [0.2, 0.25) is 0 Å². The highest BCUT2D eigenvalue weighted by Gasteiger charge is 2.25. The van der Waals surface area contributed by atoms with E-state index in [2.05, 4.69) is 0 Å². The van der Waals surface area contributed by atoms with E-state index in [9.17, 15) is 13.2 Å². The Kier molecular flexibility index (Phi) is 8.17. The molecule has 0 saturated heterocycles.